The van der Waals surface area contributed by atoms with E-state index in [0.29, 0.717) is 12.8 Å². The molecule has 0 aromatic carbocycles. The van der Waals surface area contributed by atoms with Crippen LogP contribution in [-0.2, 0) is 19.1 Å². The van der Waals surface area contributed by atoms with Crippen molar-refractivity contribution in [3.63, 3.8) is 0 Å². The highest BCUT2D eigenvalue weighted by atomic mass is 16.6. The third-order valence-corrected chi connectivity index (χ3v) is 6.12. The molecule has 1 N–H and O–H groups in total. The van der Waals surface area contributed by atoms with Gasteiger partial charge < -0.3 is 14.6 Å². The predicted molar refractivity (Wildman–Crippen MR) is 71.9 cm³/mol. The number of carbonyl (C=O) groups is 2. The molecule has 4 rings (SSSR count). The summed E-state index contributed by atoms with van der Waals surface area (Å²) in [5.74, 6) is -1.36. The molecule has 5 atom stereocenters. The topological polar surface area (TPSA) is 72.8 Å². The van der Waals surface area contributed by atoms with Gasteiger partial charge in [-0.05, 0) is 25.3 Å². The van der Waals surface area contributed by atoms with Crippen molar-refractivity contribution in [3.05, 3.63) is 23.8 Å². The SMILES string of the molecule is C=C1C=C2[C@]3(C1)C[C@@H](OC(=O)[C@H]3C)[C@@]1(O)C(=O)OC[C@@]21C. The minimum Gasteiger partial charge on any atom is -0.462 e. The summed E-state index contributed by atoms with van der Waals surface area (Å²) in [5, 5.41) is 11.1. The van der Waals surface area contributed by atoms with Crippen molar-refractivity contribution in [2.75, 3.05) is 6.61 Å². The van der Waals surface area contributed by atoms with Crippen LogP contribution in [-0.4, -0.2) is 35.4 Å². The third kappa shape index (κ3) is 1.15. The van der Waals surface area contributed by atoms with E-state index in [0.717, 1.165) is 11.1 Å². The first-order valence-corrected chi connectivity index (χ1v) is 7.26. The lowest BCUT2D eigenvalue weighted by atomic mass is 9.49. The lowest BCUT2D eigenvalue weighted by Crippen LogP contribution is -2.68. The number of ether oxygens (including phenoxy) is 2. The average molecular weight is 290 g/mol. The summed E-state index contributed by atoms with van der Waals surface area (Å²) in [5.41, 5.74) is -1.19. The smallest absolute Gasteiger partial charge is 0.343 e. The second-order valence-corrected chi connectivity index (χ2v) is 7.08. The van der Waals surface area contributed by atoms with Crippen LogP contribution in [0.25, 0.3) is 0 Å². The molecule has 0 aromatic heterocycles. The molecule has 5 heteroatoms. The first kappa shape index (κ1) is 13.1. The number of aliphatic hydroxyl groups is 1. The van der Waals surface area contributed by atoms with E-state index in [9.17, 15) is 14.7 Å². The molecule has 0 aromatic rings. The molecule has 112 valence electrons. The summed E-state index contributed by atoms with van der Waals surface area (Å²) in [7, 11) is 0. The van der Waals surface area contributed by atoms with E-state index >= 15 is 0 Å². The van der Waals surface area contributed by atoms with Crippen molar-refractivity contribution < 1.29 is 24.2 Å². The lowest BCUT2D eigenvalue weighted by molar-refractivity contribution is -0.219. The summed E-state index contributed by atoms with van der Waals surface area (Å²) in [6.45, 7) is 7.83. The van der Waals surface area contributed by atoms with Gasteiger partial charge in [-0.1, -0.05) is 25.2 Å². The Morgan fingerprint density at radius 3 is 2.86 bits per heavy atom. The van der Waals surface area contributed by atoms with Crippen LogP contribution in [0.2, 0.25) is 0 Å². The molecule has 3 fully saturated rings. The van der Waals surface area contributed by atoms with Crippen molar-refractivity contribution in [1.29, 1.82) is 0 Å². The van der Waals surface area contributed by atoms with Crippen LogP contribution in [0.3, 0.4) is 0 Å². The van der Waals surface area contributed by atoms with E-state index < -0.39 is 28.5 Å². The molecular weight excluding hydrogens is 272 g/mol. The average Bonchev–Trinajstić information content (AvgIpc) is 2.88. The Kier molecular flexibility index (Phi) is 2.12. The third-order valence-electron chi connectivity index (χ3n) is 6.12. The van der Waals surface area contributed by atoms with Crippen LogP contribution >= 0.6 is 0 Å². The number of rotatable bonds is 0. The fourth-order valence-corrected chi connectivity index (χ4v) is 4.85. The van der Waals surface area contributed by atoms with E-state index in [1.807, 2.05) is 19.9 Å². The van der Waals surface area contributed by atoms with Gasteiger partial charge in [0.25, 0.3) is 0 Å². The second kappa shape index (κ2) is 3.40. The van der Waals surface area contributed by atoms with Crippen molar-refractivity contribution in [1.82, 2.24) is 0 Å². The Hall–Kier alpha value is -1.62. The zero-order valence-electron chi connectivity index (χ0n) is 12.1. The van der Waals surface area contributed by atoms with E-state index in [1.54, 1.807) is 0 Å². The number of allylic oxidation sites excluding steroid dienone is 2. The quantitative estimate of drug-likeness (QED) is 0.677. The predicted octanol–water partition coefficient (Wildman–Crippen LogP) is 1.12. The van der Waals surface area contributed by atoms with Crippen LogP contribution in [0.4, 0.5) is 0 Å². The summed E-state index contributed by atoms with van der Waals surface area (Å²) in [6, 6.07) is 0. The molecule has 5 nitrogen and oxygen atoms in total. The van der Waals surface area contributed by atoms with Crippen LogP contribution in [0.1, 0.15) is 26.7 Å². The molecule has 2 saturated heterocycles. The molecule has 2 heterocycles. The number of hydrogen-bond acceptors (Lipinski definition) is 5. The largest absolute Gasteiger partial charge is 0.462 e. The van der Waals surface area contributed by atoms with Crippen LogP contribution in [0.5, 0.6) is 0 Å². The maximum Gasteiger partial charge on any atom is 0.343 e. The minimum atomic E-state index is -1.79. The van der Waals surface area contributed by atoms with Gasteiger partial charge in [-0.25, -0.2) is 4.79 Å². The van der Waals surface area contributed by atoms with Crippen LogP contribution in [0.15, 0.2) is 23.8 Å². The maximum atomic E-state index is 12.3. The van der Waals surface area contributed by atoms with Gasteiger partial charge in [-0.3, -0.25) is 4.79 Å². The number of esters is 2. The molecular formula is C16H18O5. The summed E-state index contributed by atoms with van der Waals surface area (Å²) < 4.78 is 10.6. The van der Waals surface area contributed by atoms with E-state index in [-0.39, 0.29) is 18.5 Å². The number of fused-ring (bicyclic) bond motifs is 4. The standard InChI is InChI=1S/C16H18O5/c1-8-4-10-14(3)7-20-13(18)16(14,19)11-6-15(10,5-8)9(2)12(17)21-11/h4,9,11,19H,1,5-7H2,2-3H3/t9-,11-,14+,15-,16-/m1/s1. The van der Waals surface area contributed by atoms with Crippen molar-refractivity contribution in [2.45, 2.75) is 38.4 Å². The van der Waals surface area contributed by atoms with Gasteiger partial charge in [-0.2, -0.15) is 0 Å². The number of carbonyl (C=O) groups excluding carboxylic acids is 2. The molecule has 0 radical (unpaired) electrons. The van der Waals surface area contributed by atoms with Gasteiger partial charge in [0.05, 0.1) is 11.3 Å². The Bertz CT molecular complexity index is 635. The van der Waals surface area contributed by atoms with Gasteiger partial charge in [0.1, 0.15) is 12.7 Å². The molecule has 21 heavy (non-hydrogen) atoms. The van der Waals surface area contributed by atoms with Crippen molar-refractivity contribution in [2.24, 2.45) is 16.7 Å². The highest BCUT2D eigenvalue weighted by Gasteiger charge is 2.76. The van der Waals surface area contributed by atoms with Crippen molar-refractivity contribution in [3.8, 4) is 0 Å². The zero-order valence-corrected chi connectivity index (χ0v) is 12.1. The molecule has 2 aliphatic carbocycles. The number of hydrogen-bond donors (Lipinski definition) is 1. The molecule has 2 aliphatic heterocycles. The fourth-order valence-electron chi connectivity index (χ4n) is 4.85. The molecule has 0 unspecified atom stereocenters. The molecule has 0 amide bonds. The molecule has 4 aliphatic rings. The highest BCUT2D eigenvalue weighted by molar-refractivity contribution is 5.88. The normalized spacial score (nSPS) is 51.0. The van der Waals surface area contributed by atoms with Crippen LogP contribution in [0, 0.1) is 16.7 Å². The van der Waals surface area contributed by atoms with Gasteiger partial charge in [0, 0.05) is 5.41 Å². The Morgan fingerprint density at radius 2 is 2.14 bits per heavy atom. The lowest BCUT2D eigenvalue weighted by Gasteiger charge is -2.57. The maximum absolute atomic E-state index is 12.3. The minimum absolute atomic E-state index is 0.115. The van der Waals surface area contributed by atoms with Gasteiger partial charge in [-0.15, -0.1) is 0 Å². The van der Waals surface area contributed by atoms with E-state index in [2.05, 4.69) is 6.58 Å². The first-order valence-electron chi connectivity index (χ1n) is 7.26. The zero-order chi connectivity index (χ0) is 15.2. The first-order chi connectivity index (χ1) is 9.75. The molecule has 1 saturated carbocycles. The van der Waals surface area contributed by atoms with Gasteiger partial charge in [0.15, 0.2) is 0 Å². The molecule has 2 bridgehead atoms. The van der Waals surface area contributed by atoms with Crippen molar-refractivity contribution >= 4 is 11.9 Å². The Labute approximate surface area is 122 Å². The monoisotopic (exact) mass is 290 g/mol. The second-order valence-electron chi connectivity index (χ2n) is 7.08. The fraction of sp³-hybridized carbons (Fsp3) is 0.625. The Balaban J connectivity index is 2.00. The van der Waals surface area contributed by atoms with E-state index in [4.69, 9.17) is 9.47 Å². The number of cyclic esters (lactones) is 1. The highest BCUT2D eigenvalue weighted by Crippen LogP contribution is 2.67. The molecule has 1 spiro atoms. The summed E-state index contributed by atoms with van der Waals surface area (Å²) in [4.78, 5) is 24.4. The van der Waals surface area contributed by atoms with Crippen LogP contribution < -0.4 is 0 Å². The summed E-state index contributed by atoms with van der Waals surface area (Å²) in [6.07, 6.45) is 2.23. The van der Waals surface area contributed by atoms with E-state index in [1.165, 1.54) is 0 Å². The van der Waals surface area contributed by atoms with Gasteiger partial charge in [0.2, 0.25) is 5.60 Å². The van der Waals surface area contributed by atoms with Gasteiger partial charge >= 0.3 is 11.9 Å². The summed E-state index contributed by atoms with van der Waals surface area (Å²) >= 11 is 0. The Morgan fingerprint density at radius 1 is 1.43 bits per heavy atom.